The summed E-state index contributed by atoms with van der Waals surface area (Å²) in [5, 5.41) is 0.746. The van der Waals surface area contributed by atoms with E-state index in [2.05, 4.69) is 11.9 Å². The first-order valence-electron chi connectivity index (χ1n) is 9.45. The fraction of sp³-hybridized carbons (Fsp3) is 0.273. The molecule has 0 unspecified atom stereocenters. The highest BCUT2D eigenvalue weighted by Crippen LogP contribution is 2.37. The van der Waals surface area contributed by atoms with Crippen LogP contribution in [-0.2, 0) is 9.59 Å². The van der Waals surface area contributed by atoms with E-state index >= 15 is 0 Å². The lowest BCUT2D eigenvalue weighted by Crippen LogP contribution is -2.46. The zero-order valence-electron chi connectivity index (χ0n) is 16.3. The second kappa shape index (κ2) is 7.82. The lowest BCUT2D eigenvalue weighted by atomic mass is 10.0. The topological polar surface area (TPSA) is 43.9 Å². The summed E-state index contributed by atoms with van der Waals surface area (Å²) in [6.45, 7) is 5.01. The number of amides is 2. The molecular weight excluding hydrogens is 409 g/mol. The number of imide groups is 1. The van der Waals surface area contributed by atoms with Crippen molar-refractivity contribution < 1.29 is 9.59 Å². The summed E-state index contributed by atoms with van der Waals surface area (Å²) >= 11 is 12.3. The molecule has 0 atom stereocenters. The first-order valence-corrected chi connectivity index (χ1v) is 10.2. The number of rotatable bonds is 3. The average Bonchev–Trinajstić information content (AvgIpc) is 2.93. The molecule has 0 N–H and O–H groups in total. The quantitative estimate of drug-likeness (QED) is 0.695. The van der Waals surface area contributed by atoms with Crippen molar-refractivity contribution in [2.24, 2.45) is 0 Å². The minimum Gasteiger partial charge on any atom is -0.364 e. The molecule has 1 fully saturated rings. The highest BCUT2D eigenvalue weighted by atomic mass is 35.5. The van der Waals surface area contributed by atoms with E-state index in [1.165, 1.54) is 4.90 Å². The fourth-order valence-electron chi connectivity index (χ4n) is 3.72. The molecule has 2 aromatic rings. The van der Waals surface area contributed by atoms with Gasteiger partial charge in [0.05, 0.1) is 11.3 Å². The average molecular weight is 430 g/mol. The zero-order valence-corrected chi connectivity index (χ0v) is 17.8. The van der Waals surface area contributed by atoms with Crippen LogP contribution in [0.4, 0.5) is 5.69 Å². The van der Waals surface area contributed by atoms with Crippen LogP contribution in [0.25, 0.3) is 5.57 Å². The van der Waals surface area contributed by atoms with Crippen LogP contribution < -0.4 is 4.90 Å². The van der Waals surface area contributed by atoms with Gasteiger partial charge in [-0.1, -0.05) is 53.0 Å². The van der Waals surface area contributed by atoms with Gasteiger partial charge >= 0.3 is 0 Å². The first kappa shape index (κ1) is 20.0. The SMILES string of the molecule is Cc1ccc(C2=C(N3CCN(C)CC3)C(=O)N(c3cc(Cl)cc(Cl)c3)C2=O)cc1. The summed E-state index contributed by atoms with van der Waals surface area (Å²) in [4.78, 5) is 32.3. The third-order valence-corrected chi connectivity index (χ3v) is 5.76. The summed E-state index contributed by atoms with van der Waals surface area (Å²) in [6.07, 6.45) is 0. The molecule has 0 aliphatic carbocycles. The Morgan fingerprint density at radius 1 is 0.828 bits per heavy atom. The van der Waals surface area contributed by atoms with Crippen molar-refractivity contribution in [2.75, 3.05) is 38.1 Å². The smallest absolute Gasteiger partial charge is 0.282 e. The normalized spacial score (nSPS) is 18.2. The molecule has 2 aliphatic rings. The molecule has 2 amide bonds. The van der Waals surface area contributed by atoms with Crippen LogP contribution in [0.15, 0.2) is 48.2 Å². The van der Waals surface area contributed by atoms with E-state index in [9.17, 15) is 9.59 Å². The predicted octanol–water partition coefficient (Wildman–Crippen LogP) is 3.83. The summed E-state index contributed by atoms with van der Waals surface area (Å²) in [6, 6.07) is 12.4. The Hall–Kier alpha value is -2.34. The zero-order chi connectivity index (χ0) is 20.7. The van der Waals surface area contributed by atoms with Crippen LogP contribution in [0.5, 0.6) is 0 Å². The van der Waals surface area contributed by atoms with E-state index in [-0.39, 0.29) is 11.8 Å². The minimum absolute atomic E-state index is 0.339. The molecule has 2 aliphatic heterocycles. The molecular formula is C22H21Cl2N3O2. The van der Waals surface area contributed by atoms with Crippen molar-refractivity contribution in [1.82, 2.24) is 9.80 Å². The molecule has 2 heterocycles. The standard InChI is InChI=1S/C22H21Cl2N3O2/c1-14-3-5-15(6-4-14)19-20(26-9-7-25(2)8-10-26)22(29)27(21(19)28)18-12-16(23)11-17(24)13-18/h3-6,11-13H,7-10H2,1-2H3. The molecule has 29 heavy (non-hydrogen) atoms. The molecule has 7 heteroatoms. The van der Waals surface area contributed by atoms with Gasteiger partial charge in [0.25, 0.3) is 11.8 Å². The number of likely N-dealkylation sites (N-methyl/N-ethyl adjacent to an activating group) is 1. The van der Waals surface area contributed by atoms with E-state index in [0.717, 1.165) is 24.2 Å². The number of nitrogens with zero attached hydrogens (tertiary/aromatic N) is 3. The van der Waals surface area contributed by atoms with Crippen molar-refractivity contribution in [3.8, 4) is 0 Å². The number of anilines is 1. The molecule has 0 radical (unpaired) electrons. The van der Waals surface area contributed by atoms with Crippen LogP contribution in [0.1, 0.15) is 11.1 Å². The third kappa shape index (κ3) is 3.78. The van der Waals surface area contributed by atoms with Gasteiger partial charge in [-0.2, -0.15) is 0 Å². The maximum atomic E-state index is 13.5. The molecule has 150 valence electrons. The summed E-state index contributed by atoms with van der Waals surface area (Å²) in [7, 11) is 2.05. The number of halogens is 2. The van der Waals surface area contributed by atoms with Gasteiger partial charge in [-0.05, 0) is 37.7 Å². The fourth-order valence-corrected chi connectivity index (χ4v) is 4.24. The summed E-state index contributed by atoms with van der Waals surface area (Å²) < 4.78 is 0. The first-order chi connectivity index (χ1) is 13.8. The maximum absolute atomic E-state index is 13.5. The maximum Gasteiger partial charge on any atom is 0.282 e. The summed E-state index contributed by atoms with van der Waals surface area (Å²) in [5.74, 6) is -0.695. The predicted molar refractivity (Wildman–Crippen MR) is 116 cm³/mol. The van der Waals surface area contributed by atoms with Crippen molar-refractivity contribution >= 4 is 46.3 Å². The third-order valence-electron chi connectivity index (χ3n) is 5.32. The largest absolute Gasteiger partial charge is 0.364 e. The van der Waals surface area contributed by atoms with E-state index in [4.69, 9.17) is 23.2 Å². The molecule has 4 rings (SSSR count). The highest BCUT2D eigenvalue weighted by molar-refractivity contribution is 6.46. The Labute approximate surface area is 180 Å². The Morgan fingerprint density at radius 2 is 1.41 bits per heavy atom. The second-order valence-corrected chi connectivity index (χ2v) is 8.33. The van der Waals surface area contributed by atoms with Crippen LogP contribution in [0.3, 0.4) is 0 Å². The molecule has 0 spiro atoms. The van der Waals surface area contributed by atoms with Crippen molar-refractivity contribution in [1.29, 1.82) is 0 Å². The lowest BCUT2D eigenvalue weighted by molar-refractivity contribution is -0.120. The Kier molecular flexibility index (Phi) is 5.38. The number of piperazine rings is 1. The highest BCUT2D eigenvalue weighted by Gasteiger charge is 2.43. The Morgan fingerprint density at radius 3 is 2.00 bits per heavy atom. The van der Waals surface area contributed by atoms with Crippen LogP contribution in [0.2, 0.25) is 10.0 Å². The molecule has 0 aromatic heterocycles. The Bertz CT molecular complexity index is 989. The number of hydrogen-bond donors (Lipinski definition) is 0. The molecule has 2 aromatic carbocycles. The number of carbonyl (C=O) groups is 2. The van der Waals surface area contributed by atoms with Crippen LogP contribution >= 0.6 is 23.2 Å². The molecule has 0 bridgehead atoms. The van der Waals surface area contributed by atoms with E-state index in [1.54, 1.807) is 18.2 Å². The van der Waals surface area contributed by atoms with Crippen LogP contribution in [0, 0.1) is 6.92 Å². The van der Waals surface area contributed by atoms with Gasteiger partial charge in [-0.3, -0.25) is 9.59 Å². The molecule has 1 saturated heterocycles. The van der Waals surface area contributed by atoms with E-state index in [1.807, 2.05) is 36.1 Å². The second-order valence-electron chi connectivity index (χ2n) is 7.45. The number of hydrogen-bond acceptors (Lipinski definition) is 4. The van der Waals surface area contributed by atoms with Gasteiger partial charge in [0.1, 0.15) is 5.70 Å². The molecule has 5 nitrogen and oxygen atoms in total. The number of carbonyl (C=O) groups excluding carboxylic acids is 2. The molecule has 0 saturated carbocycles. The van der Waals surface area contributed by atoms with E-state index < -0.39 is 0 Å². The van der Waals surface area contributed by atoms with Gasteiger partial charge < -0.3 is 9.80 Å². The van der Waals surface area contributed by atoms with Gasteiger partial charge in [0, 0.05) is 36.2 Å². The van der Waals surface area contributed by atoms with Gasteiger partial charge in [0.15, 0.2) is 0 Å². The number of benzene rings is 2. The Balaban J connectivity index is 1.82. The van der Waals surface area contributed by atoms with Gasteiger partial charge in [0.2, 0.25) is 0 Å². The van der Waals surface area contributed by atoms with Crippen molar-refractivity contribution in [2.45, 2.75) is 6.92 Å². The lowest BCUT2D eigenvalue weighted by Gasteiger charge is -2.34. The van der Waals surface area contributed by atoms with Crippen molar-refractivity contribution in [3.05, 3.63) is 69.3 Å². The van der Waals surface area contributed by atoms with E-state index in [0.29, 0.717) is 40.1 Å². The minimum atomic E-state index is -0.355. The summed E-state index contributed by atoms with van der Waals surface area (Å²) in [5.41, 5.74) is 3.08. The number of aryl methyl sites for hydroxylation is 1. The van der Waals surface area contributed by atoms with Crippen LogP contribution in [-0.4, -0.2) is 54.8 Å². The monoisotopic (exact) mass is 429 g/mol. The van der Waals surface area contributed by atoms with Gasteiger partial charge in [-0.15, -0.1) is 0 Å². The van der Waals surface area contributed by atoms with Gasteiger partial charge in [-0.25, -0.2) is 4.90 Å². The van der Waals surface area contributed by atoms with Crippen molar-refractivity contribution in [3.63, 3.8) is 0 Å².